The molecule has 1 heterocycles. The second-order valence-corrected chi connectivity index (χ2v) is 7.28. The first-order valence-corrected chi connectivity index (χ1v) is 8.07. The van der Waals surface area contributed by atoms with Crippen LogP contribution in [-0.4, -0.2) is 49.8 Å². The Morgan fingerprint density at radius 1 is 1.26 bits per heavy atom. The molecule has 2 atom stereocenters. The fraction of sp³-hybridized carbons (Fsp3) is 1.00. The van der Waals surface area contributed by atoms with E-state index in [2.05, 4.69) is 37.9 Å². The van der Waals surface area contributed by atoms with Gasteiger partial charge in [0, 0.05) is 44.9 Å². The number of nitrogens with zero attached hydrogens (tertiary/aromatic N) is 1. The number of piperazine rings is 1. The Morgan fingerprint density at radius 2 is 2.00 bits per heavy atom. The van der Waals surface area contributed by atoms with Gasteiger partial charge in [-0.05, 0) is 37.5 Å². The van der Waals surface area contributed by atoms with E-state index in [0.29, 0.717) is 11.5 Å². The predicted octanol–water partition coefficient (Wildman–Crippen LogP) is 2.51. The Morgan fingerprint density at radius 3 is 2.58 bits per heavy atom. The second kappa shape index (κ2) is 6.55. The molecule has 0 radical (unpaired) electrons. The van der Waals surface area contributed by atoms with Gasteiger partial charge in [0.25, 0.3) is 0 Å². The largest absolute Gasteiger partial charge is 0.382 e. The first kappa shape index (κ1) is 15.3. The standard InChI is InChI=1S/C16H32N2O/c1-5-19-10-6-9-18-12-14(13-7-8-13)17-11-15(18)16(2,3)4/h13-15,17H,5-12H2,1-4H3. The van der Waals surface area contributed by atoms with Crippen molar-refractivity contribution < 1.29 is 4.74 Å². The van der Waals surface area contributed by atoms with E-state index in [9.17, 15) is 0 Å². The van der Waals surface area contributed by atoms with E-state index in [-0.39, 0.29) is 0 Å². The third-order valence-corrected chi connectivity index (χ3v) is 4.57. The van der Waals surface area contributed by atoms with Crippen LogP contribution in [0.2, 0.25) is 0 Å². The zero-order chi connectivity index (χ0) is 13.9. The molecule has 3 heteroatoms. The molecule has 3 nitrogen and oxygen atoms in total. The van der Waals surface area contributed by atoms with Crippen molar-refractivity contribution >= 4 is 0 Å². The number of hydrogen-bond acceptors (Lipinski definition) is 3. The zero-order valence-corrected chi connectivity index (χ0v) is 13.2. The maximum Gasteiger partial charge on any atom is 0.0478 e. The zero-order valence-electron chi connectivity index (χ0n) is 13.2. The van der Waals surface area contributed by atoms with Crippen molar-refractivity contribution in [2.45, 2.75) is 59.0 Å². The average molecular weight is 268 g/mol. The molecule has 112 valence electrons. The smallest absolute Gasteiger partial charge is 0.0478 e. The highest BCUT2D eigenvalue weighted by molar-refractivity contribution is 4.97. The molecule has 0 spiro atoms. The van der Waals surface area contributed by atoms with Gasteiger partial charge in [-0.25, -0.2) is 0 Å². The second-order valence-electron chi connectivity index (χ2n) is 7.28. The van der Waals surface area contributed by atoms with Gasteiger partial charge < -0.3 is 10.1 Å². The van der Waals surface area contributed by atoms with Gasteiger partial charge in [-0.1, -0.05) is 20.8 Å². The van der Waals surface area contributed by atoms with E-state index in [1.54, 1.807) is 0 Å². The summed E-state index contributed by atoms with van der Waals surface area (Å²) in [6.07, 6.45) is 4.03. The quantitative estimate of drug-likeness (QED) is 0.749. The van der Waals surface area contributed by atoms with Crippen molar-refractivity contribution in [1.82, 2.24) is 10.2 Å². The fourth-order valence-corrected chi connectivity index (χ4v) is 3.27. The number of ether oxygens (including phenoxy) is 1. The van der Waals surface area contributed by atoms with Crippen molar-refractivity contribution in [1.29, 1.82) is 0 Å². The third kappa shape index (κ3) is 4.44. The average Bonchev–Trinajstić information content (AvgIpc) is 3.17. The summed E-state index contributed by atoms with van der Waals surface area (Å²) in [6.45, 7) is 14.5. The molecule has 2 fully saturated rings. The molecule has 0 aromatic rings. The van der Waals surface area contributed by atoms with Crippen molar-refractivity contribution in [2.75, 3.05) is 32.8 Å². The Kier molecular flexibility index (Phi) is 5.27. The molecule has 0 aromatic carbocycles. The predicted molar refractivity (Wildman–Crippen MR) is 80.4 cm³/mol. The third-order valence-electron chi connectivity index (χ3n) is 4.57. The van der Waals surface area contributed by atoms with Crippen LogP contribution in [0.5, 0.6) is 0 Å². The lowest BCUT2D eigenvalue weighted by molar-refractivity contribution is 0.0411. The van der Waals surface area contributed by atoms with Gasteiger partial charge in [0.1, 0.15) is 0 Å². The lowest BCUT2D eigenvalue weighted by Crippen LogP contribution is -2.61. The van der Waals surface area contributed by atoms with Crippen LogP contribution in [0.3, 0.4) is 0 Å². The molecule has 1 saturated heterocycles. The van der Waals surface area contributed by atoms with E-state index in [0.717, 1.165) is 38.1 Å². The normalized spacial score (nSPS) is 29.7. The minimum absolute atomic E-state index is 0.354. The van der Waals surface area contributed by atoms with Crippen LogP contribution in [0.25, 0.3) is 0 Å². The van der Waals surface area contributed by atoms with Gasteiger partial charge in [0.15, 0.2) is 0 Å². The molecule has 2 rings (SSSR count). The summed E-state index contributed by atoms with van der Waals surface area (Å²) in [6, 6.07) is 1.40. The van der Waals surface area contributed by atoms with Crippen LogP contribution in [0.4, 0.5) is 0 Å². The van der Waals surface area contributed by atoms with Crippen LogP contribution in [0, 0.1) is 11.3 Å². The van der Waals surface area contributed by atoms with Crippen LogP contribution in [0.1, 0.15) is 47.0 Å². The van der Waals surface area contributed by atoms with Crippen molar-refractivity contribution in [3.63, 3.8) is 0 Å². The lowest BCUT2D eigenvalue weighted by atomic mass is 9.83. The molecule has 1 aliphatic heterocycles. The van der Waals surface area contributed by atoms with Gasteiger partial charge in [-0.2, -0.15) is 0 Å². The Hall–Kier alpha value is -0.120. The van der Waals surface area contributed by atoms with Gasteiger partial charge >= 0.3 is 0 Å². The molecule has 0 bridgehead atoms. The highest BCUT2D eigenvalue weighted by atomic mass is 16.5. The SMILES string of the molecule is CCOCCCN1CC(C2CC2)NCC1C(C)(C)C. The van der Waals surface area contributed by atoms with Gasteiger partial charge in [0.05, 0.1) is 0 Å². The summed E-state index contributed by atoms with van der Waals surface area (Å²) in [4.78, 5) is 2.72. The topological polar surface area (TPSA) is 24.5 Å². The monoisotopic (exact) mass is 268 g/mol. The molecule has 1 aliphatic carbocycles. The first-order chi connectivity index (χ1) is 9.02. The minimum atomic E-state index is 0.354. The molecular weight excluding hydrogens is 236 g/mol. The molecule has 1 saturated carbocycles. The fourth-order valence-electron chi connectivity index (χ4n) is 3.27. The van der Waals surface area contributed by atoms with Gasteiger partial charge in [-0.3, -0.25) is 4.90 Å². The first-order valence-electron chi connectivity index (χ1n) is 8.07. The lowest BCUT2D eigenvalue weighted by Gasteiger charge is -2.46. The molecule has 19 heavy (non-hydrogen) atoms. The molecule has 1 N–H and O–H groups in total. The van der Waals surface area contributed by atoms with E-state index in [1.165, 1.54) is 25.9 Å². The van der Waals surface area contributed by atoms with Crippen LogP contribution in [-0.2, 0) is 4.74 Å². The highest BCUT2D eigenvalue weighted by Crippen LogP contribution is 2.36. The maximum atomic E-state index is 5.49. The molecule has 0 aromatic heterocycles. The number of nitrogens with one attached hydrogen (secondary N) is 1. The van der Waals surface area contributed by atoms with Gasteiger partial charge in [0.2, 0.25) is 0 Å². The molecule has 0 amide bonds. The summed E-state index contributed by atoms with van der Waals surface area (Å²) in [7, 11) is 0. The summed E-state index contributed by atoms with van der Waals surface area (Å²) >= 11 is 0. The number of rotatable bonds is 6. The Labute approximate surface area is 119 Å². The minimum Gasteiger partial charge on any atom is -0.382 e. The number of hydrogen-bond donors (Lipinski definition) is 1. The highest BCUT2D eigenvalue weighted by Gasteiger charge is 2.40. The van der Waals surface area contributed by atoms with E-state index in [4.69, 9.17) is 4.74 Å². The summed E-state index contributed by atoms with van der Waals surface area (Å²) in [5.74, 6) is 0.954. The van der Waals surface area contributed by atoms with Crippen LogP contribution in [0.15, 0.2) is 0 Å². The van der Waals surface area contributed by atoms with E-state index >= 15 is 0 Å². The summed E-state index contributed by atoms with van der Waals surface area (Å²) in [5, 5.41) is 3.80. The van der Waals surface area contributed by atoms with Gasteiger partial charge in [-0.15, -0.1) is 0 Å². The van der Waals surface area contributed by atoms with Crippen molar-refractivity contribution in [2.24, 2.45) is 11.3 Å². The summed E-state index contributed by atoms with van der Waals surface area (Å²) in [5.41, 5.74) is 0.354. The van der Waals surface area contributed by atoms with Crippen molar-refractivity contribution in [3.8, 4) is 0 Å². The maximum absolute atomic E-state index is 5.49. The van der Waals surface area contributed by atoms with Crippen LogP contribution < -0.4 is 5.32 Å². The Bertz CT molecular complexity index is 270. The molecular formula is C16H32N2O. The van der Waals surface area contributed by atoms with E-state index < -0.39 is 0 Å². The van der Waals surface area contributed by atoms with Crippen molar-refractivity contribution in [3.05, 3.63) is 0 Å². The molecule has 2 unspecified atom stereocenters. The molecule has 2 aliphatic rings. The van der Waals surface area contributed by atoms with E-state index in [1.807, 2.05) is 0 Å². The summed E-state index contributed by atoms with van der Waals surface area (Å²) < 4.78 is 5.49. The Balaban J connectivity index is 1.86. The van der Waals surface area contributed by atoms with Crippen LogP contribution >= 0.6 is 0 Å².